The van der Waals surface area contributed by atoms with Crippen LogP contribution in [0.4, 0.5) is 21.0 Å². The van der Waals surface area contributed by atoms with Gasteiger partial charge in [-0.1, -0.05) is 17.7 Å². The monoisotopic (exact) mass is 491 g/mol. The van der Waals surface area contributed by atoms with Crippen molar-refractivity contribution in [3.8, 4) is 10.6 Å². The molecule has 0 aliphatic rings. The van der Waals surface area contributed by atoms with E-state index < -0.39 is 11.9 Å². The average Bonchev–Trinajstić information content (AvgIpc) is 3.41. The van der Waals surface area contributed by atoms with Crippen LogP contribution in [0.1, 0.15) is 29.3 Å². The molecular weight excluding hydrogens is 473 g/mol. The zero-order valence-corrected chi connectivity index (χ0v) is 19.2. The second kappa shape index (κ2) is 9.88. The third-order valence-electron chi connectivity index (χ3n) is 4.43. The van der Waals surface area contributed by atoms with Gasteiger partial charge in [0.05, 0.1) is 28.6 Å². The molecule has 0 radical (unpaired) electrons. The van der Waals surface area contributed by atoms with Gasteiger partial charge in [0.25, 0.3) is 0 Å². The molecule has 7 nitrogen and oxygen atoms in total. The second-order valence-corrected chi connectivity index (χ2v) is 9.18. The van der Waals surface area contributed by atoms with Crippen LogP contribution in [-0.2, 0) is 13.2 Å². The largest absolute Gasteiger partial charge is 0.390 e. The molecule has 166 valence electrons. The molecule has 0 saturated heterocycles. The fourth-order valence-electron chi connectivity index (χ4n) is 2.83. The molecule has 3 aromatic heterocycles. The van der Waals surface area contributed by atoms with Gasteiger partial charge < -0.3 is 20.8 Å². The summed E-state index contributed by atoms with van der Waals surface area (Å²) in [6, 6.07) is 8.18. The lowest BCUT2D eigenvalue weighted by Gasteiger charge is -2.08. The lowest BCUT2D eigenvalue weighted by Crippen LogP contribution is -2.02. The summed E-state index contributed by atoms with van der Waals surface area (Å²) in [7, 11) is 0. The van der Waals surface area contributed by atoms with E-state index in [1.54, 1.807) is 25.3 Å². The van der Waals surface area contributed by atoms with E-state index in [1.165, 1.54) is 28.7 Å². The first kappa shape index (κ1) is 22.6. The average molecular weight is 492 g/mol. The highest BCUT2D eigenvalue weighted by molar-refractivity contribution is 7.17. The van der Waals surface area contributed by atoms with Gasteiger partial charge in [-0.3, -0.25) is 0 Å². The Morgan fingerprint density at radius 1 is 1.22 bits per heavy atom. The minimum absolute atomic E-state index is 0.226. The number of nitrogens with zero attached hydrogens (tertiary/aromatic N) is 3. The molecule has 0 fully saturated rings. The number of aromatic nitrogens is 3. The summed E-state index contributed by atoms with van der Waals surface area (Å²) >= 11 is 8.48. The molecular formula is C21H19ClFN5O2S2. The lowest BCUT2D eigenvalue weighted by molar-refractivity contribution is 0.198. The van der Waals surface area contributed by atoms with Crippen molar-refractivity contribution in [2.75, 3.05) is 10.6 Å². The van der Waals surface area contributed by atoms with Gasteiger partial charge in [-0.2, -0.15) is 0 Å². The molecule has 0 amide bonds. The predicted octanol–water partition coefficient (Wildman–Crippen LogP) is 5.36. The van der Waals surface area contributed by atoms with Gasteiger partial charge in [0.15, 0.2) is 5.13 Å². The number of hydrogen-bond acceptors (Lipinski definition) is 9. The van der Waals surface area contributed by atoms with E-state index in [0.717, 1.165) is 10.4 Å². The van der Waals surface area contributed by atoms with Crippen molar-refractivity contribution in [1.82, 2.24) is 15.0 Å². The van der Waals surface area contributed by atoms with Crippen molar-refractivity contribution in [3.63, 3.8) is 0 Å². The Morgan fingerprint density at radius 2 is 2.06 bits per heavy atom. The number of halogens is 2. The quantitative estimate of drug-likeness (QED) is 0.263. The van der Waals surface area contributed by atoms with Crippen LogP contribution in [0.15, 0.2) is 41.9 Å². The molecule has 4 rings (SSSR count). The van der Waals surface area contributed by atoms with Crippen LogP contribution in [0.5, 0.6) is 0 Å². The molecule has 1 atom stereocenters. The first-order valence-electron chi connectivity index (χ1n) is 9.58. The number of thiazole rings is 2. The van der Waals surface area contributed by atoms with Crippen molar-refractivity contribution in [1.29, 1.82) is 0 Å². The molecule has 11 heteroatoms. The van der Waals surface area contributed by atoms with E-state index in [0.29, 0.717) is 44.6 Å². The Bertz CT molecular complexity index is 1210. The van der Waals surface area contributed by atoms with Gasteiger partial charge in [-0.25, -0.2) is 19.3 Å². The maximum atomic E-state index is 13.9. The van der Waals surface area contributed by atoms with Gasteiger partial charge in [-0.05, 0) is 36.8 Å². The van der Waals surface area contributed by atoms with Crippen LogP contribution in [-0.4, -0.2) is 25.2 Å². The molecule has 32 heavy (non-hydrogen) atoms. The number of aliphatic hydroxyl groups is 2. The summed E-state index contributed by atoms with van der Waals surface area (Å²) in [5.41, 5.74) is 2.43. The zero-order chi connectivity index (χ0) is 22.7. The number of benzene rings is 1. The summed E-state index contributed by atoms with van der Waals surface area (Å²) in [5.74, 6) is 0.206. The Hall–Kier alpha value is -2.63. The van der Waals surface area contributed by atoms with Crippen LogP contribution in [0, 0.1) is 5.82 Å². The van der Waals surface area contributed by atoms with Gasteiger partial charge in [0.1, 0.15) is 22.7 Å². The van der Waals surface area contributed by atoms with Crippen LogP contribution in [0.25, 0.3) is 10.6 Å². The first-order valence-corrected chi connectivity index (χ1v) is 11.7. The normalized spacial score (nSPS) is 12.0. The number of hydrogen-bond donors (Lipinski definition) is 4. The maximum Gasteiger partial charge on any atom is 0.188 e. The fourth-order valence-corrected chi connectivity index (χ4v) is 4.75. The summed E-state index contributed by atoms with van der Waals surface area (Å²) in [6.07, 6.45) is 0.989. The number of anilines is 3. The minimum Gasteiger partial charge on any atom is -0.390 e. The predicted molar refractivity (Wildman–Crippen MR) is 126 cm³/mol. The molecule has 0 aliphatic carbocycles. The van der Waals surface area contributed by atoms with Gasteiger partial charge >= 0.3 is 0 Å². The molecule has 0 spiro atoms. The zero-order valence-electron chi connectivity index (χ0n) is 16.8. The summed E-state index contributed by atoms with van der Waals surface area (Å²) < 4.78 is 13.9. The standard InChI is InChI=1S/C21H19ClFN5O2S2/c1-11(30)20-26-16(9-29)19(32-20)17-10-31-21(27-17)28-18-5-2-12(8-25-18)7-24-15-4-3-13(22)6-14(15)23/h2-6,8,10-11,24,29-30H,7,9H2,1H3,(H,25,27,28). The molecule has 1 aromatic carbocycles. The lowest BCUT2D eigenvalue weighted by atomic mass is 10.2. The number of rotatable bonds is 8. The third kappa shape index (κ3) is 5.22. The number of pyridine rings is 1. The molecule has 0 bridgehead atoms. The Balaban J connectivity index is 1.41. The highest BCUT2D eigenvalue weighted by atomic mass is 35.5. The molecule has 0 aliphatic heterocycles. The van der Waals surface area contributed by atoms with E-state index in [-0.39, 0.29) is 6.61 Å². The van der Waals surface area contributed by atoms with Crippen LogP contribution in [0.2, 0.25) is 5.02 Å². The Kier molecular flexibility index (Phi) is 6.97. The van der Waals surface area contributed by atoms with Crippen LogP contribution in [0.3, 0.4) is 0 Å². The van der Waals surface area contributed by atoms with E-state index in [1.807, 2.05) is 17.5 Å². The topological polar surface area (TPSA) is 103 Å². The minimum atomic E-state index is -0.705. The van der Waals surface area contributed by atoms with Crippen molar-refractivity contribution in [2.45, 2.75) is 26.2 Å². The Labute approximate surface area is 196 Å². The van der Waals surface area contributed by atoms with Crippen LogP contribution < -0.4 is 10.6 Å². The maximum absolute atomic E-state index is 13.9. The van der Waals surface area contributed by atoms with Gasteiger partial charge in [0, 0.05) is 23.1 Å². The highest BCUT2D eigenvalue weighted by Gasteiger charge is 2.17. The number of aliphatic hydroxyl groups excluding tert-OH is 2. The SMILES string of the molecule is CC(O)c1nc(CO)c(-c2csc(Nc3ccc(CNc4ccc(Cl)cc4F)cn3)n2)s1. The number of nitrogens with one attached hydrogen (secondary N) is 2. The highest BCUT2D eigenvalue weighted by Crippen LogP contribution is 2.35. The first-order chi connectivity index (χ1) is 15.4. The molecule has 4 N–H and O–H groups in total. The molecule has 0 saturated carbocycles. The van der Waals surface area contributed by atoms with Gasteiger partial charge in [-0.15, -0.1) is 22.7 Å². The fraction of sp³-hybridized carbons (Fsp3) is 0.190. The second-order valence-electron chi connectivity index (χ2n) is 6.85. The summed E-state index contributed by atoms with van der Waals surface area (Å²) in [6.45, 7) is 1.82. The molecule has 4 aromatic rings. The summed E-state index contributed by atoms with van der Waals surface area (Å²) in [5, 5.41) is 28.9. The van der Waals surface area contributed by atoms with E-state index in [9.17, 15) is 14.6 Å². The van der Waals surface area contributed by atoms with Crippen molar-refractivity contribution in [2.24, 2.45) is 0 Å². The van der Waals surface area contributed by atoms with E-state index in [2.05, 4.69) is 25.6 Å². The van der Waals surface area contributed by atoms with Crippen molar-refractivity contribution >= 4 is 50.9 Å². The van der Waals surface area contributed by atoms with E-state index >= 15 is 0 Å². The van der Waals surface area contributed by atoms with Gasteiger partial charge in [0.2, 0.25) is 0 Å². The third-order valence-corrected chi connectivity index (χ3v) is 6.71. The molecule has 3 heterocycles. The smallest absolute Gasteiger partial charge is 0.188 e. The summed E-state index contributed by atoms with van der Waals surface area (Å²) in [4.78, 5) is 13.9. The van der Waals surface area contributed by atoms with Crippen molar-refractivity contribution in [3.05, 3.63) is 69.0 Å². The Morgan fingerprint density at radius 3 is 2.75 bits per heavy atom. The van der Waals surface area contributed by atoms with Crippen LogP contribution >= 0.6 is 34.3 Å². The molecule has 1 unspecified atom stereocenters. The van der Waals surface area contributed by atoms with E-state index in [4.69, 9.17) is 11.6 Å². The van der Waals surface area contributed by atoms with Crippen molar-refractivity contribution < 1.29 is 14.6 Å².